The van der Waals surface area contributed by atoms with E-state index in [4.69, 9.17) is 0 Å². The van der Waals surface area contributed by atoms with Crippen LogP contribution in [0.15, 0.2) is 24.3 Å². The van der Waals surface area contributed by atoms with Gasteiger partial charge in [0.15, 0.2) is 0 Å². The number of piperidine rings is 1. The Morgan fingerprint density at radius 1 is 1.25 bits per heavy atom. The number of anilines is 1. The third-order valence-electron chi connectivity index (χ3n) is 3.65. The molecule has 1 fully saturated rings. The van der Waals surface area contributed by atoms with Crippen molar-refractivity contribution < 1.29 is 0 Å². The summed E-state index contributed by atoms with van der Waals surface area (Å²) in [6.45, 7) is 5.62. The molecule has 2 unspecified atom stereocenters. The number of nitrogens with one attached hydrogen (secondary N) is 1. The van der Waals surface area contributed by atoms with Crippen molar-refractivity contribution in [3.63, 3.8) is 0 Å². The second-order valence-corrected chi connectivity index (χ2v) is 4.89. The number of benzene rings is 1. The van der Waals surface area contributed by atoms with E-state index in [-0.39, 0.29) is 0 Å². The number of hydrogen-bond donors (Lipinski definition) is 1. The number of rotatable bonds is 2. The number of aryl methyl sites for hydroxylation is 1. The molecule has 1 saturated heterocycles. The van der Waals surface area contributed by atoms with E-state index in [0.29, 0.717) is 12.1 Å². The lowest BCUT2D eigenvalue weighted by molar-refractivity contribution is 0.387. The Morgan fingerprint density at radius 2 is 1.94 bits per heavy atom. The molecular weight excluding hydrogens is 196 g/mol. The summed E-state index contributed by atoms with van der Waals surface area (Å²) in [7, 11) is 2.07. The Hall–Kier alpha value is -1.02. The fourth-order valence-corrected chi connectivity index (χ4v) is 2.55. The summed E-state index contributed by atoms with van der Waals surface area (Å²) < 4.78 is 0. The molecule has 0 amide bonds. The van der Waals surface area contributed by atoms with Crippen molar-refractivity contribution in [2.45, 2.75) is 38.8 Å². The molecule has 0 spiro atoms. The van der Waals surface area contributed by atoms with Crippen molar-refractivity contribution in [1.29, 1.82) is 0 Å². The summed E-state index contributed by atoms with van der Waals surface area (Å²) in [6, 6.07) is 10.2. The average Bonchev–Trinajstić information content (AvgIpc) is 2.30. The Labute approximate surface area is 98.7 Å². The van der Waals surface area contributed by atoms with E-state index < -0.39 is 0 Å². The van der Waals surface area contributed by atoms with E-state index >= 15 is 0 Å². The van der Waals surface area contributed by atoms with Crippen LogP contribution in [-0.2, 0) is 0 Å². The molecule has 1 aliphatic heterocycles. The van der Waals surface area contributed by atoms with E-state index in [1.54, 1.807) is 0 Å². The van der Waals surface area contributed by atoms with Crippen LogP contribution in [0.1, 0.15) is 25.3 Å². The SMILES string of the molecule is CNC1CCN(c2ccc(C)cc2)C(C)C1. The van der Waals surface area contributed by atoms with Gasteiger partial charge < -0.3 is 10.2 Å². The molecular formula is C14H22N2. The van der Waals surface area contributed by atoms with Gasteiger partial charge in [-0.2, -0.15) is 0 Å². The van der Waals surface area contributed by atoms with Crippen LogP contribution >= 0.6 is 0 Å². The Bertz CT molecular complexity index is 331. The van der Waals surface area contributed by atoms with Crippen LogP contribution in [0.2, 0.25) is 0 Å². The van der Waals surface area contributed by atoms with E-state index in [9.17, 15) is 0 Å². The van der Waals surface area contributed by atoms with E-state index in [0.717, 1.165) is 6.54 Å². The molecule has 1 heterocycles. The summed E-state index contributed by atoms with van der Waals surface area (Å²) in [5, 5.41) is 3.39. The smallest absolute Gasteiger partial charge is 0.0368 e. The van der Waals surface area contributed by atoms with Crippen LogP contribution in [0.4, 0.5) is 5.69 Å². The molecule has 1 aromatic carbocycles. The Morgan fingerprint density at radius 3 is 2.50 bits per heavy atom. The molecule has 2 rings (SSSR count). The first-order valence-corrected chi connectivity index (χ1v) is 6.21. The normalized spacial score (nSPS) is 25.8. The van der Waals surface area contributed by atoms with Gasteiger partial charge >= 0.3 is 0 Å². The van der Waals surface area contributed by atoms with Crippen molar-refractivity contribution in [2.75, 3.05) is 18.5 Å². The molecule has 88 valence electrons. The zero-order valence-corrected chi connectivity index (χ0v) is 10.5. The highest BCUT2D eigenvalue weighted by molar-refractivity contribution is 5.48. The fraction of sp³-hybridized carbons (Fsp3) is 0.571. The van der Waals surface area contributed by atoms with Crippen molar-refractivity contribution in [3.8, 4) is 0 Å². The van der Waals surface area contributed by atoms with E-state index in [2.05, 4.69) is 55.4 Å². The maximum atomic E-state index is 3.39. The number of nitrogens with zero attached hydrogens (tertiary/aromatic N) is 1. The van der Waals surface area contributed by atoms with Crippen LogP contribution in [0.25, 0.3) is 0 Å². The van der Waals surface area contributed by atoms with Gasteiger partial charge in [0.1, 0.15) is 0 Å². The molecule has 0 radical (unpaired) electrons. The van der Waals surface area contributed by atoms with Gasteiger partial charge in [-0.1, -0.05) is 17.7 Å². The molecule has 2 atom stereocenters. The minimum absolute atomic E-state index is 0.633. The lowest BCUT2D eigenvalue weighted by Gasteiger charge is -2.39. The van der Waals surface area contributed by atoms with Crippen molar-refractivity contribution >= 4 is 5.69 Å². The van der Waals surface area contributed by atoms with Crippen LogP contribution < -0.4 is 10.2 Å². The Balaban J connectivity index is 2.08. The highest BCUT2D eigenvalue weighted by Crippen LogP contribution is 2.24. The topological polar surface area (TPSA) is 15.3 Å². The summed E-state index contributed by atoms with van der Waals surface area (Å²) in [5.41, 5.74) is 2.70. The predicted molar refractivity (Wildman–Crippen MR) is 70.1 cm³/mol. The molecule has 2 heteroatoms. The summed E-state index contributed by atoms with van der Waals surface area (Å²) in [4.78, 5) is 2.52. The van der Waals surface area contributed by atoms with Gasteiger partial charge in [0.05, 0.1) is 0 Å². The van der Waals surface area contributed by atoms with Gasteiger partial charge in [-0.05, 0) is 45.9 Å². The van der Waals surface area contributed by atoms with Gasteiger partial charge in [-0.15, -0.1) is 0 Å². The van der Waals surface area contributed by atoms with Crippen LogP contribution in [0, 0.1) is 6.92 Å². The van der Waals surface area contributed by atoms with Crippen LogP contribution in [0.3, 0.4) is 0 Å². The molecule has 0 bridgehead atoms. The molecule has 1 aliphatic rings. The van der Waals surface area contributed by atoms with Gasteiger partial charge in [0.2, 0.25) is 0 Å². The van der Waals surface area contributed by atoms with Gasteiger partial charge in [-0.3, -0.25) is 0 Å². The minimum Gasteiger partial charge on any atom is -0.369 e. The van der Waals surface area contributed by atoms with Gasteiger partial charge in [-0.25, -0.2) is 0 Å². The molecule has 0 saturated carbocycles. The first-order valence-electron chi connectivity index (χ1n) is 6.21. The lowest BCUT2D eigenvalue weighted by atomic mass is 9.97. The summed E-state index contributed by atoms with van der Waals surface area (Å²) >= 11 is 0. The van der Waals surface area contributed by atoms with E-state index in [1.165, 1.54) is 24.1 Å². The monoisotopic (exact) mass is 218 g/mol. The third kappa shape index (κ3) is 2.38. The summed E-state index contributed by atoms with van der Waals surface area (Å²) in [5.74, 6) is 0. The van der Waals surface area contributed by atoms with Crippen LogP contribution in [-0.4, -0.2) is 25.7 Å². The first-order chi connectivity index (χ1) is 7.70. The second kappa shape index (κ2) is 4.88. The third-order valence-corrected chi connectivity index (χ3v) is 3.65. The lowest BCUT2D eigenvalue weighted by Crippen LogP contribution is -2.46. The molecule has 2 nitrogen and oxygen atoms in total. The standard InChI is InChI=1S/C14H22N2/c1-11-4-6-14(7-5-11)16-9-8-13(15-3)10-12(16)2/h4-7,12-13,15H,8-10H2,1-3H3. The molecule has 1 aromatic rings. The largest absolute Gasteiger partial charge is 0.369 e. The van der Waals surface area contributed by atoms with E-state index in [1.807, 2.05) is 0 Å². The maximum absolute atomic E-state index is 3.39. The second-order valence-electron chi connectivity index (χ2n) is 4.89. The first kappa shape index (κ1) is 11.5. The molecule has 1 N–H and O–H groups in total. The van der Waals surface area contributed by atoms with Crippen molar-refractivity contribution in [3.05, 3.63) is 29.8 Å². The quantitative estimate of drug-likeness (QED) is 0.820. The van der Waals surface area contributed by atoms with Gasteiger partial charge in [0.25, 0.3) is 0 Å². The zero-order chi connectivity index (χ0) is 11.5. The average molecular weight is 218 g/mol. The van der Waals surface area contributed by atoms with Crippen molar-refractivity contribution in [1.82, 2.24) is 5.32 Å². The van der Waals surface area contributed by atoms with Crippen LogP contribution in [0.5, 0.6) is 0 Å². The van der Waals surface area contributed by atoms with Gasteiger partial charge in [0, 0.05) is 24.3 Å². The van der Waals surface area contributed by atoms with Crippen molar-refractivity contribution in [2.24, 2.45) is 0 Å². The molecule has 0 aliphatic carbocycles. The Kier molecular flexibility index (Phi) is 3.49. The highest BCUT2D eigenvalue weighted by atomic mass is 15.2. The number of hydrogen-bond acceptors (Lipinski definition) is 2. The minimum atomic E-state index is 0.633. The predicted octanol–water partition coefficient (Wildman–Crippen LogP) is 2.57. The molecule has 0 aromatic heterocycles. The fourth-order valence-electron chi connectivity index (χ4n) is 2.55. The zero-order valence-electron chi connectivity index (χ0n) is 10.5. The summed E-state index contributed by atoms with van der Waals surface area (Å²) in [6.07, 6.45) is 2.49. The highest BCUT2D eigenvalue weighted by Gasteiger charge is 2.24. The molecule has 16 heavy (non-hydrogen) atoms. The maximum Gasteiger partial charge on any atom is 0.0368 e.